The first-order chi connectivity index (χ1) is 7.75. The lowest BCUT2D eigenvalue weighted by Crippen LogP contribution is -2.23. The third-order valence-electron chi connectivity index (χ3n) is 3.20. The topological polar surface area (TPSA) is 12.0 Å². The largest absolute Gasteiger partial charge is 0.314 e. The van der Waals surface area contributed by atoms with Gasteiger partial charge in [-0.25, -0.2) is 4.39 Å². The van der Waals surface area contributed by atoms with Crippen LogP contribution in [0.2, 0.25) is 0 Å². The van der Waals surface area contributed by atoms with Crippen LogP contribution >= 0.6 is 0 Å². The van der Waals surface area contributed by atoms with Crippen LogP contribution in [0, 0.1) is 11.7 Å². The van der Waals surface area contributed by atoms with Gasteiger partial charge in [-0.3, -0.25) is 0 Å². The van der Waals surface area contributed by atoms with Crippen molar-refractivity contribution in [3.63, 3.8) is 0 Å². The van der Waals surface area contributed by atoms with Crippen molar-refractivity contribution < 1.29 is 4.39 Å². The quantitative estimate of drug-likeness (QED) is 0.778. The van der Waals surface area contributed by atoms with E-state index in [1.807, 2.05) is 12.1 Å². The predicted molar refractivity (Wildman–Crippen MR) is 64.9 cm³/mol. The molecule has 1 fully saturated rings. The smallest absolute Gasteiger partial charge is 0.126 e. The van der Waals surface area contributed by atoms with E-state index in [1.54, 1.807) is 12.1 Å². The van der Waals surface area contributed by atoms with Gasteiger partial charge in [-0.2, -0.15) is 0 Å². The number of benzene rings is 1. The summed E-state index contributed by atoms with van der Waals surface area (Å²) >= 11 is 0. The Balaban J connectivity index is 1.71. The Bertz CT molecular complexity index is 333. The fourth-order valence-electron chi connectivity index (χ4n) is 1.86. The standard InChI is InChI=1S/C14H20FN/c1-11(10-16-13-8-9-13)6-7-12-4-2-3-5-14(12)15/h2-5,11,13,16H,6-10H2,1H3. The number of hydrogen-bond acceptors (Lipinski definition) is 1. The summed E-state index contributed by atoms with van der Waals surface area (Å²) in [5.74, 6) is 0.560. The molecule has 1 atom stereocenters. The lowest BCUT2D eigenvalue weighted by Gasteiger charge is -2.12. The Kier molecular flexibility index (Phi) is 3.94. The maximum Gasteiger partial charge on any atom is 0.126 e. The van der Waals surface area contributed by atoms with Crippen LogP contribution in [0.15, 0.2) is 24.3 Å². The molecule has 0 aromatic heterocycles. The molecule has 1 nitrogen and oxygen atoms in total. The second kappa shape index (κ2) is 5.44. The lowest BCUT2D eigenvalue weighted by atomic mass is 10.0. The average molecular weight is 221 g/mol. The van der Waals surface area contributed by atoms with Crippen molar-refractivity contribution in [2.24, 2.45) is 5.92 Å². The fraction of sp³-hybridized carbons (Fsp3) is 0.571. The zero-order valence-corrected chi connectivity index (χ0v) is 9.88. The first-order valence-electron chi connectivity index (χ1n) is 6.22. The molecule has 1 saturated carbocycles. The molecule has 0 saturated heterocycles. The van der Waals surface area contributed by atoms with E-state index in [-0.39, 0.29) is 5.82 Å². The Morgan fingerprint density at radius 3 is 2.81 bits per heavy atom. The molecule has 1 aliphatic rings. The van der Waals surface area contributed by atoms with Crippen LogP contribution in [0.1, 0.15) is 31.7 Å². The van der Waals surface area contributed by atoms with Crippen molar-refractivity contribution in [3.8, 4) is 0 Å². The molecule has 1 unspecified atom stereocenters. The first kappa shape index (κ1) is 11.6. The minimum atomic E-state index is -0.0650. The third kappa shape index (κ3) is 3.60. The van der Waals surface area contributed by atoms with Gasteiger partial charge < -0.3 is 5.32 Å². The Labute approximate surface area is 97.1 Å². The maximum atomic E-state index is 13.3. The highest BCUT2D eigenvalue weighted by Gasteiger charge is 2.20. The van der Waals surface area contributed by atoms with Gasteiger partial charge in [0.1, 0.15) is 5.82 Å². The summed E-state index contributed by atoms with van der Waals surface area (Å²) in [5.41, 5.74) is 0.848. The van der Waals surface area contributed by atoms with Crippen LogP contribution in [0.5, 0.6) is 0 Å². The van der Waals surface area contributed by atoms with Gasteiger partial charge in [-0.1, -0.05) is 25.1 Å². The number of rotatable bonds is 6. The average Bonchev–Trinajstić information content (AvgIpc) is 3.09. The summed E-state index contributed by atoms with van der Waals surface area (Å²) < 4.78 is 13.3. The summed E-state index contributed by atoms with van der Waals surface area (Å²) in [6.45, 7) is 3.30. The predicted octanol–water partition coefficient (Wildman–Crippen LogP) is 3.15. The molecule has 0 bridgehead atoms. The van der Waals surface area contributed by atoms with Gasteiger partial charge in [-0.15, -0.1) is 0 Å². The molecule has 0 radical (unpaired) electrons. The van der Waals surface area contributed by atoms with Crippen molar-refractivity contribution in [1.29, 1.82) is 0 Å². The van der Waals surface area contributed by atoms with E-state index in [9.17, 15) is 4.39 Å². The molecule has 1 aromatic rings. The van der Waals surface area contributed by atoms with Crippen LogP contribution in [0.25, 0.3) is 0 Å². The zero-order valence-electron chi connectivity index (χ0n) is 9.88. The van der Waals surface area contributed by atoms with E-state index >= 15 is 0 Å². The van der Waals surface area contributed by atoms with Gasteiger partial charge in [0, 0.05) is 6.04 Å². The zero-order chi connectivity index (χ0) is 11.4. The highest BCUT2D eigenvalue weighted by molar-refractivity contribution is 5.17. The monoisotopic (exact) mass is 221 g/mol. The van der Waals surface area contributed by atoms with E-state index in [0.717, 1.165) is 31.0 Å². The molecule has 16 heavy (non-hydrogen) atoms. The second-order valence-corrected chi connectivity index (χ2v) is 4.92. The molecule has 0 spiro atoms. The van der Waals surface area contributed by atoms with Crippen LogP contribution in [-0.4, -0.2) is 12.6 Å². The highest BCUT2D eigenvalue weighted by atomic mass is 19.1. The number of aryl methyl sites for hydroxylation is 1. The summed E-state index contributed by atoms with van der Waals surface area (Å²) in [6.07, 6.45) is 4.57. The van der Waals surface area contributed by atoms with Gasteiger partial charge >= 0.3 is 0 Å². The van der Waals surface area contributed by atoms with Crippen LogP contribution in [0.4, 0.5) is 4.39 Å². The molecule has 1 aromatic carbocycles. The van der Waals surface area contributed by atoms with Gasteiger partial charge in [0.25, 0.3) is 0 Å². The van der Waals surface area contributed by atoms with Crippen molar-refractivity contribution in [1.82, 2.24) is 5.32 Å². The van der Waals surface area contributed by atoms with Crippen molar-refractivity contribution in [2.45, 2.75) is 38.6 Å². The summed E-state index contributed by atoms with van der Waals surface area (Å²) in [5, 5.41) is 3.51. The molecular formula is C14H20FN. The molecule has 1 N–H and O–H groups in total. The molecule has 2 rings (SSSR count). The van der Waals surface area contributed by atoms with E-state index in [0.29, 0.717) is 5.92 Å². The second-order valence-electron chi connectivity index (χ2n) is 4.92. The Morgan fingerprint density at radius 2 is 2.12 bits per heavy atom. The molecule has 0 amide bonds. The molecule has 0 heterocycles. The van der Waals surface area contributed by atoms with Gasteiger partial charge in [0.2, 0.25) is 0 Å². The SMILES string of the molecule is CC(CCc1ccccc1F)CNC1CC1. The summed E-state index contributed by atoms with van der Waals surface area (Å²) in [7, 11) is 0. The Hall–Kier alpha value is -0.890. The third-order valence-corrected chi connectivity index (χ3v) is 3.20. The molecule has 88 valence electrons. The van der Waals surface area contributed by atoms with E-state index in [1.165, 1.54) is 12.8 Å². The van der Waals surface area contributed by atoms with Crippen LogP contribution in [0.3, 0.4) is 0 Å². The normalized spacial score (nSPS) is 17.4. The minimum absolute atomic E-state index is 0.0650. The number of hydrogen-bond donors (Lipinski definition) is 1. The van der Waals surface area contributed by atoms with E-state index < -0.39 is 0 Å². The van der Waals surface area contributed by atoms with Crippen molar-refractivity contribution >= 4 is 0 Å². The van der Waals surface area contributed by atoms with Gasteiger partial charge in [-0.05, 0) is 49.8 Å². The fourth-order valence-corrected chi connectivity index (χ4v) is 1.86. The minimum Gasteiger partial charge on any atom is -0.314 e. The molecular weight excluding hydrogens is 201 g/mol. The molecule has 0 aliphatic heterocycles. The number of nitrogens with one attached hydrogen (secondary N) is 1. The first-order valence-corrected chi connectivity index (χ1v) is 6.22. The summed E-state index contributed by atoms with van der Waals surface area (Å²) in [6, 6.07) is 7.86. The highest BCUT2D eigenvalue weighted by Crippen LogP contribution is 2.19. The van der Waals surface area contributed by atoms with Crippen LogP contribution in [-0.2, 0) is 6.42 Å². The molecule has 2 heteroatoms. The maximum absolute atomic E-state index is 13.3. The van der Waals surface area contributed by atoms with E-state index in [2.05, 4.69) is 12.2 Å². The lowest BCUT2D eigenvalue weighted by molar-refractivity contribution is 0.474. The molecule has 1 aliphatic carbocycles. The number of halogens is 1. The van der Waals surface area contributed by atoms with Gasteiger partial charge in [0.15, 0.2) is 0 Å². The Morgan fingerprint density at radius 1 is 1.38 bits per heavy atom. The van der Waals surface area contributed by atoms with Crippen LogP contribution < -0.4 is 5.32 Å². The van der Waals surface area contributed by atoms with Crippen molar-refractivity contribution in [2.75, 3.05) is 6.54 Å². The van der Waals surface area contributed by atoms with E-state index in [4.69, 9.17) is 0 Å². The summed E-state index contributed by atoms with van der Waals surface area (Å²) in [4.78, 5) is 0. The van der Waals surface area contributed by atoms with Crippen molar-refractivity contribution in [3.05, 3.63) is 35.6 Å². The van der Waals surface area contributed by atoms with Gasteiger partial charge in [0.05, 0.1) is 0 Å².